The number of carbonyl (C=O) groups is 2. The number of benzene rings is 2. The van der Waals surface area contributed by atoms with Gasteiger partial charge in [-0.05, 0) is 36.8 Å². The normalized spacial score (nSPS) is 11.7. The van der Waals surface area contributed by atoms with Gasteiger partial charge in [0.1, 0.15) is 5.76 Å². The first-order chi connectivity index (χ1) is 13.0. The number of hydrogen-bond donors (Lipinski definition) is 1. The first kappa shape index (κ1) is 18.8. The van der Waals surface area contributed by atoms with Crippen molar-refractivity contribution in [3.8, 4) is 11.5 Å². The van der Waals surface area contributed by atoms with E-state index in [1.54, 1.807) is 31.2 Å². The Morgan fingerprint density at radius 2 is 1.78 bits per heavy atom. The molecule has 0 saturated heterocycles. The van der Waals surface area contributed by atoms with Gasteiger partial charge in [0.25, 0.3) is 5.91 Å². The average Bonchev–Trinajstić information content (AvgIpc) is 3.09. The summed E-state index contributed by atoms with van der Waals surface area (Å²) in [5.74, 6) is -0.380. The Kier molecular flexibility index (Phi) is 5.71. The molecular formula is C20H17BrN2O4. The molecule has 1 atom stereocenters. The van der Waals surface area contributed by atoms with Crippen LogP contribution in [0, 0.1) is 6.92 Å². The Morgan fingerprint density at radius 1 is 1.11 bits per heavy atom. The van der Waals surface area contributed by atoms with Gasteiger partial charge in [0, 0.05) is 10.0 Å². The minimum absolute atomic E-state index is 0.125. The number of ether oxygens (including phenoxy) is 1. The van der Waals surface area contributed by atoms with Gasteiger partial charge in [0.2, 0.25) is 5.89 Å². The number of hydrogen-bond acceptors (Lipinski definition) is 5. The Balaban J connectivity index is 1.87. The second-order valence-electron chi connectivity index (χ2n) is 5.77. The average molecular weight is 429 g/mol. The third kappa shape index (κ3) is 4.25. The summed E-state index contributed by atoms with van der Waals surface area (Å²) in [4.78, 5) is 29.2. The van der Waals surface area contributed by atoms with E-state index in [1.165, 1.54) is 7.11 Å². The van der Waals surface area contributed by atoms with Gasteiger partial charge in [-0.15, -0.1) is 0 Å². The largest absolute Gasteiger partial charge is 0.467 e. The number of methoxy groups -OCH3 is 1. The fourth-order valence-corrected chi connectivity index (χ4v) is 2.83. The lowest BCUT2D eigenvalue weighted by Crippen LogP contribution is -2.35. The third-order valence-electron chi connectivity index (χ3n) is 3.95. The van der Waals surface area contributed by atoms with Crippen molar-refractivity contribution in [3.63, 3.8) is 0 Å². The lowest BCUT2D eigenvalue weighted by Gasteiger charge is -2.16. The van der Waals surface area contributed by atoms with Gasteiger partial charge in [0.05, 0.1) is 7.11 Å². The van der Waals surface area contributed by atoms with E-state index in [2.05, 4.69) is 26.2 Å². The van der Waals surface area contributed by atoms with Crippen molar-refractivity contribution in [1.29, 1.82) is 0 Å². The van der Waals surface area contributed by atoms with Crippen molar-refractivity contribution in [3.05, 3.63) is 76.1 Å². The Morgan fingerprint density at radius 3 is 2.41 bits per heavy atom. The minimum atomic E-state index is -0.952. The highest BCUT2D eigenvalue weighted by molar-refractivity contribution is 9.10. The molecule has 0 aliphatic carbocycles. The van der Waals surface area contributed by atoms with Crippen LogP contribution >= 0.6 is 15.9 Å². The van der Waals surface area contributed by atoms with Crippen LogP contribution in [0.2, 0.25) is 0 Å². The van der Waals surface area contributed by atoms with Crippen molar-refractivity contribution in [2.45, 2.75) is 13.0 Å². The number of oxazole rings is 1. The number of esters is 1. The van der Waals surface area contributed by atoms with Crippen molar-refractivity contribution in [2.75, 3.05) is 7.11 Å². The Bertz CT molecular complexity index is 952. The van der Waals surface area contributed by atoms with Crippen LogP contribution in [0.3, 0.4) is 0 Å². The summed E-state index contributed by atoms with van der Waals surface area (Å²) in [6.07, 6.45) is 0. The van der Waals surface area contributed by atoms with E-state index in [1.807, 2.05) is 30.3 Å². The molecule has 0 fully saturated rings. The summed E-state index contributed by atoms with van der Waals surface area (Å²) in [5, 5.41) is 2.67. The van der Waals surface area contributed by atoms with Gasteiger partial charge in [-0.2, -0.15) is 0 Å². The number of aryl methyl sites for hydroxylation is 1. The monoisotopic (exact) mass is 428 g/mol. The zero-order valence-corrected chi connectivity index (χ0v) is 16.3. The lowest BCUT2D eigenvalue weighted by atomic mass is 10.1. The van der Waals surface area contributed by atoms with Crippen molar-refractivity contribution in [1.82, 2.24) is 10.3 Å². The topological polar surface area (TPSA) is 81.4 Å². The van der Waals surface area contributed by atoms with E-state index in [0.29, 0.717) is 17.2 Å². The van der Waals surface area contributed by atoms with E-state index in [4.69, 9.17) is 9.15 Å². The molecule has 0 spiro atoms. The second-order valence-corrected chi connectivity index (χ2v) is 6.69. The molecule has 3 rings (SSSR count). The van der Waals surface area contributed by atoms with E-state index in [9.17, 15) is 9.59 Å². The summed E-state index contributed by atoms with van der Waals surface area (Å²) < 4.78 is 11.3. The zero-order chi connectivity index (χ0) is 19.4. The molecule has 1 aromatic heterocycles. The highest BCUT2D eigenvalue weighted by Gasteiger charge is 2.27. The molecule has 6 nitrogen and oxygen atoms in total. The molecule has 1 amide bonds. The van der Waals surface area contributed by atoms with Gasteiger partial charge >= 0.3 is 5.97 Å². The summed E-state index contributed by atoms with van der Waals surface area (Å²) in [6.45, 7) is 1.65. The molecule has 138 valence electrons. The van der Waals surface area contributed by atoms with Crippen molar-refractivity contribution >= 4 is 27.8 Å². The molecule has 2 aromatic carbocycles. The summed E-state index contributed by atoms with van der Waals surface area (Å²) in [7, 11) is 1.27. The van der Waals surface area contributed by atoms with E-state index in [-0.39, 0.29) is 5.69 Å². The number of nitrogens with zero attached hydrogens (tertiary/aromatic N) is 1. The number of rotatable bonds is 5. The lowest BCUT2D eigenvalue weighted by molar-refractivity contribution is -0.143. The zero-order valence-electron chi connectivity index (χ0n) is 14.7. The molecule has 1 heterocycles. The van der Waals surface area contributed by atoms with Gasteiger partial charge in [0.15, 0.2) is 11.7 Å². The maximum absolute atomic E-state index is 12.7. The Labute approximate surface area is 164 Å². The molecule has 1 N–H and O–H groups in total. The fourth-order valence-electron chi connectivity index (χ4n) is 2.56. The summed E-state index contributed by atoms with van der Waals surface area (Å²) in [5.41, 5.74) is 1.49. The van der Waals surface area contributed by atoms with Crippen LogP contribution in [0.25, 0.3) is 11.5 Å². The number of nitrogens with one attached hydrogen (secondary N) is 1. The summed E-state index contributed by atoms with van der Waals surface area (Å²) in [6, 6.07) is 15.4. The molecular weight excluding hydrogens is 412 g/mol. The second kappa shape index (κ2) is 8.18. The highest BCUT2D eigenvalue weighted by atomic mass is 79.9. The predicted octanol–water partition coefficient (Wildman–Crippen LogP) is 4.06. The van der Waals surface area contributed by atoms with Gasteiger partial charge in [-0.3, -0.25) is 4.79 Å². The van der Waals surface area contributed by atoms with Crippen molar-refractivity contribution < 1.29 is 18.7 Å². The third-order valence-corrected chi connectivity index (χ3v) is 4.48. The van der Waals surface area contributed by atoms with Gasteiger partial charge < -0.3 is 14.5 Å². The van der Waals surface area contributed by atoms with Crippen molar-refractivity contribution in [2.24, 2.45) is 0 Å². The van der Waals surface area contributed by atoms with E-state index < -0.39 is 17.9 Å². The smallest absolute Gasteiger partial charge is 0.333 e. The predicted molar refractivity (Wildman–Crippen MR) is 103 cm³/mol. The minimum Gasteiger partial charge on any atom is -0.467 e. The molecule has 27 heavy (non-hydrogen) atoms. The highest BCUT2D eigenvalue weighted by Crippen LogP contribution is 2.23. The molecule has 0 aliphatic heterocycles. The van der Waals surface area contributed by atoms with Crippen LogP contribution in [-0.4, -0.2) is 24.0 Å². The van der Waals surface area contributed by atoms with Crippen LogP contribution in [-0.2, 0) is 9.53 Å². The van der Waals surface area contributed by atoms with Gasteiger partial charge in [-0.25, -0.2) is 9.78 Å². The Hall–Kier alpha value is -2.93. The van der Waals surface area contributed by atoms with Crippen LogP contribution < -0.4 is 5.32 Å². The quantitative estimate of drug-likeness (QED) is 0.619. The number of halogens is 1. The maximum atomic E-state index is 12.7. The standard InChI is InChI=1S/C20H17BrN2O4/c1-12-16(23-19(27-12)14-6-4-3-5-7-14)18(24)22-17(20(25)26-2)13-8-10-15(21)11-9-13/h3-11,17H,1-2H3,(H,22,24). The van der Waals surface area contributed by atoms with Crippen LogP contribution in [0.1, 0.15) is 27.9 Å². The summed E-state index contributed by atoms with van der Waals surface area (Å²) >= 11 is 3.34. The molecule has 3 aromatic rings. The van der Waals surface area contributed by atoms with Crippen LogP contribution in [0.15, 0.2) is 63.5 Å². The van der Waals surface area contributed by atoms with E-state index in [0.717, 1.165) is 10.0 Å². The number of carbonyl (C=O) groups excluding carboxylic acids is 2. The molecule has 1 unspecified atom stereocenters. The van der Waals surface area contributed by atoms with Gasteiger partial charge in [-0.1, -0.05) is 46.3 Å². The molecule has 0 radical (unpaired) electrons. The first-order valence-electron chi connectivity index (χ1n) is 8.16. The molecule has 0 saturated carbocycles. The maximum Gasteiger partial charge on any atom is 0.333 e. The molecule has 0 aliphatic rings. The van der Waals surface area contributed by atoms with Crippen LogP contribution in [0.4, 0.5) is 0 Å². The first-order valence-corrected chi connectivity index (χ1v) is 8.96. The number of aromatic nitrogens is 1. The SMILES string of the molecule is COC(=O)C(NC(=O)c1nc(-c2ccccc2)oc1C)c1ccc(Br)cc1. The van der Waals surface area contributed by atoms with E-state index >= 15 is 0 Å². The number of amides is 1. The molecule has 0 bridgehead atoms. The fraction of sp³-hybridized carbons (Fsp3) is 0.150. The molecule has 7 heteroatoms. The van der Waals surface area contributed by atoms with Crippen LogP contribution in [0.5, 0.6) is 0 Å².